The number of nitrogens with one attached hydrogen (secondary N) is 1. The average Bonchev–Trinajstić information content (AvgIpc) is 2.19. The third kappa shape index (κ3) is 2.81. The summed E-state index contributed by atoms with van der Waals surface area (Å²) >= 11 is 4.64. The van der Waals surface area contributed by atoms with Gasteiger partial charge in [-0.3, -0.25) is 0 Å². The van der Waals surface area contributed by atoms with E-state index in [0.717, 1.165) is 0 Å². The predicted octanol–water partition coefficient (Wildman–Crippen LogP) is 0.834. The van der Waals surface area contributed by atoms with Gasteiger partial charge in [-0.15, -0.1) is 0 Å². The molecule has 0 bridgehead atoms. The summed E-state index contributed by atoms with van der Waals surface area (Å²) in [6.45, 7) is 0. The maximum absolute atomic E-state index is 11.2. The SMILES string of the molecule is COC(=O)c1cc(NC(N)=S)ccc1O. The van der Waals surface area contributed by atoms with Crippen molar-refractivity contribution in [3.63, 3.8) is 0 Å². The molecule has 0 amide bonds. The Bertz CT molecular complexity index is 406. The molecule has 0 spiro atoms. The number of esters is 1. The second-order valence-corrected chi connectivity index (χ2v) is 3.15. The first kappa shape index (κ1) is 11.3. The van der Waals surface area contributed by atoms with Crippen molar-refractivity contribution in [3.8, 4) is 5.75 Å². The van der Waals surface area contributed by atoms with E-state index >= 15 is 0 Å². The lowest BCUT2D eigenvalue weighted by Crippen LogP contribution is -2.19. The van der Waals surface area contributed by atoms with E-state index in [1.807, 2.05) is 0 Å². The molecule has 0 aliphatic carbocycles. The van der Waals surface area contributed by atoms with Crippen LogP contribution >= 0.6 is 12.2 Å². The quantitative estimate of drug-likeness (QED) is 0.393. The molecule has 1 aromatic carbocycles. The van der Waals surface area contributed by atoms with E-state index < -0.39 is 5.97 Å². The van der Waals surface area contributed by atoms with Crippen LogP contribution < -0.4 is 11.1 Å². The Morgan fingerprint density at radius 2 is 2.27 bits per heavy atom. The minimum Gasteiger partial charge on any atom is -0.507 e. The normalized spacial score (nSPS) is 9.40. The molecular formula is C9H10N2O3S. The number of carbonyl (C=O) groups excluding carboxylic acids is 1. The van der Waals surface area contributed by atoms with Crippen molar-refractivity contribution >= 4 is 29.0 Å². The van der Waals surface area contributed by atoms with Gasteiger partial charge in [0, 0.05) is 5.69 Å². The summed E-state index contributed by atoms with van der Waals surface area (Å²) in [5.41, 5.74) is 5.83. The van der Waals surface area contributed by atoms with Crippen LogP contribution in [0, 0.1) is 0 Å². The molecule has 0 heterocycles. The third-order valence-corrected chi connectivity index (χ3v) is 1.77. The molecular weight excluding hydrogens is 216 g/mol. The summed E-state index contributed by atoms with van der Waals surface area (Å²) in [6, 6.07) is 4.30. The molecule has 0 aliphatic heterocycles. The van der Waals surface area contributed by atoms with E-state index in [2.05, 4.69) is 22.3 Å². The fourth-order valence-electron chi connectivity index (χ4n) is 1.03. The van der Waals surface area contributed by atoms with Crippen molar-refractivity contribution < 1.29 is 14.6 Å². The highest BCUT2D eigenvalue weighted by molar-refractivity contribution is 7.80. The van der Waals surface area contributed by atoms with Gasteiger partial charge in [0.2, 0.25) is 0 Å². The minimum atomic E-state index is -0.626. The zero-order valence-corrected chi connectivity index (χ0v) is 8.80. The van der Waals surface area contributed by atoms with Crippen LogP contribution in [0.2, 0.25) is 0 Å². The van der Waals surface area contributed by atoms with E-state index in [1.54, 1.807) is 6.07 Å². The molecule has 0 aromatic heterocycles. The second-order valence-electron chi connectivity index (χ2n) is 2.71. The van der Waals surface area contributed by atoms with Crippen LogP contribution in [0.25, 0.3) is 0 Å². The van der Waals surface area contributed by atoms with Crippen molar-refractivity contribution in [1.29, 1.82) is 0 Å². The number of hydrogen-bond acceptors (Lipinski definition) is 4. The first-order chi connectivity index (χ1) is 7.04. The monoisotopic (exact) mass is 226 g/mol. The lowest BCUT2D eigenvalue weighted by Gasteiger charge is -2.07. The van der Waals surface area contributed by atoms with E-state index in [1.165, 1.54) is 19.2 Å². The fourth-order valence-corrected chi connectivity index (χ4v) is 1.15. The van der Waals surface area contributed by atoms with E-state index in [4.69, 9.17) is 5.73 Å². The van der Waals surface area contributed by atoms with Crippen molar-refractivity contribution in [2.45, 2.75) is 0 Å². The highest BCUT2D eigenvalue weighted by atomic mass is 32.1. The number of anilines is 1. The summed E-state index contributed by atoms with van der Waals surface area (Å²) in [7, 11) is 1.23. The topological polar surface area (TPSA) is 84.6 Å². The Balaban J connectivity index is 3.05. The average molecular weight is 226 g/mol. The lowest BCUT2D eigenvalue weighted by molar-refractivity contribution is 0.0597. The van der Waals surface area contributed by atoms with Gasteiger partial charge >= 0.3 is 5.97 Å². The molecule has 15 heavy (non-hydrogen) atoms. The number of phenolic OH excluding ortho intramolecular Hbond substituents is 1. The summed E-state index contributed by atoms with van der Waals surface area (Å²) < 4.78 is 4.49. The van der Waals surface area contributed by atoms with E-state index in [0.29, 0.717) is 5.69 Å². The van der Waals surface area contributed by atoms with Crippen molar-refractivity contribution in [1.82, 2.24) is 0 Å². The molecule has 0 fully saturated rings. The maximum atomic E-state index is 11.2. The number of methoxy groups -OCH3 is 1. The van der Waals surface area contributed by atoms with Gasteiger partial charge in [0.15, 0.2) is 5.11 Å². The summed E-state index contributed by atoms with van der Waals surface area (Å²) in [5.74, 6) is -0.783. The Kier molecular flexibility index (Phi) is 3.46. The number of carbonyl (C=O) groups is 1. The molecule has 5 nitrogen and oxygen atoms in total. The number of thiocarbonyl (C=S) groups is 1. The van der Waals surface area contributed by atoms with E-state index in [-0.39, 0.29) is 16.4 Å². The Morgan fingerprint density at radius 3 is 2.80 bits per heavy atom. The van der Waals surface area contributed by atoms with Crippen LogP contribution in [0.3, 0.4) is 0 Å². The summed E-state index contributed by atoms with van der Waals surface area (Å²) in [5, 5.41) is 12.1. The van der Waals surface area contributed by atoms with Gasteiger partial charge in [0.25, 0.3) is 0 Å². The molecule has 0 atom stereocenters. The zero-order valence-electron chi connectivity index (χ0n) is 7.98. The highest BCUT2D eigenvalue weighted by Crippen LogP contribution is 2.21. The largest absolute Gasteiger partial charge is 0.507 e. The lowest BCUT2D eigenvalue weighted by atomic mass is 10.2. The first-order valence-corrected chi connectivity index (χ1v) is 4.43. The molecule has 0 unspecified atom stereocenters. The molecule has 1 aromatic rings. The van der Waals surface area contributed by atoms with E-state index in [9.17, 15) is 9.90 Å². The molecule has 0 saturated carbocycles. The summed E-state index contributed by atoms with van der Waals surface area (Å²) in [4.78, 5) is 11.2. The van der Waals surface area contributed by atoms with Gasteiger partial charge in [-0.2, -0.15) is 0 Å². The van der Waals surface area contributed by atoms with Crippen molar-refractivity contribution in [2.24, 2.45) is 5.73 Å². The molecule has 80 valence electrons. The number of ether oxygens (including phenoxy) is 1. The molecule has 0 aliphatic rings. The van der Waals surface area contributed by atoms with Gasteiger partial charge in [0.05, 0.1) is 7.11 Å². The van der Waals surface area contributed by atoms with Gasteiger partial charge in [-0.05, 0) is 30.4 Å². The maximum Gasteiger partial charge on any atom is 0.341 e. The van der Waals surface area contributed by atoms with Crippen LogP contribution in [0.1, 0.15) is 10.4 Å². The molecule has 0 saturated heterocycles. The standard InChI is InChI=1S/C9H10N2O3S/c1-14-8(13)6-4-5(11-9(10)15)2-3-7(6)12/h2-4,12H,1H3,(H3,10,11,15). The number of aromatic hydroxyl groups is 1. The van der Waals surface area contributed by atoms with Crippen molar-refractivity contribution in [2.75, 3.05) is 12.4 Å². The molecule has 0 radical (unpaired) electrons. The third-order valence-electron chi connectivity index (χ3n) is 1.67. The molecule has 6 heteroatoms. The second kappa shape index (κ2) is 4.61. The van der Waals surface area contributed by atoms with Crippen molar-refractivity contribution in [3.05, 3.63) is 23.8 Å². The Morgan fingerprint density at radius 1 is 1.60 bits per heavy atom. The number of rotatable bonds is 2. The van der Waals surface area contributed by atoms with Gasteiger partial charge in [-0.1, -0.05) is 0 Å². The number of nitrogens with two attached hydrogens (primary N) is 1. The first-order valence-electron chi connectivity index (χ1n) is 4.02. The van der Waals surface area contributed by atoms with Crippen LogP contribution in [0.4, 0.5) is 5.69 Å². The fraction of sp³-hybridized carbons (Fsp3) is 0.111. The zero-order chi connectivity index (χ0) is 11.4. The molecule has 1 rings (SSSR count). The smallest absolute Gasteiger partial charge is 0.341 e. The highest BCUT2D eigenvalue weighted by Gasteiger charge is 2.11. The van der Waals surface area contributed by atoms with Gasteiger partial charge in [0.1, 0.15) is 11.3 Å². The van der Waals surface area contributed by atoms with Crippen LogP contribution in [-0.2, 0) is 4.74 Å². The number of phenols is 1. The Labute approximate surface area is 91.8 Å². The predicted molar refractivity (Wildman–Crippen MR) is 59.9 cm³/mol. The van der Waals surface area contributed by atoms with Crippen LogP contribution in [0.15, 0.2) is 18.2 Å². The summed E-state index contributed by atoms with van der Waals surface area (Å²) in [6.07, 6.45) is 0. The van der Waals surface area contributed by atoms with Gasteiger partial charge in [-0.25, -0.2) is 4.79 Å². The van der Waals surface area contributed by atoms with Crippen LogP contribution in [-0.4, -0.2) is 23.3 Å². The Hall–Kier alpha value is -1.82. The number of hydrogen-bond donors (Lipinski definition) is 3. The minimum absolute atomic E-state index is 0.0544. The van der Waals surface area contributed by atoms with Crippen LogP contribution in [0.5, 0.6) is 5.75 Å². The van der Waals surface area contributed by atoms with Gasteiger partial charge < -0.3 is 20.9 Å². The number of benzene rings is 1. The molecule has 4 N–H and O–H groups in total.